The molecular weight excluding hydrogens is 154 g/mol. The van der Waals surface area contributed by atoms with Gasteiger partial charge in [0.2, 0.25) is 0 Å². The van der Waals surface area contributed by atoms with Crippen LogP contribution < -0.4 is 5.32 Å². The number of aliphatic carboxylic acids is 1. The molecule has 1 aliphatic carbocycles. The number of carbonyl (C=O) groups is 1. The molecule has 2 N–H and O–H groups in total. The molecule has 1 rings (SSSR count). The number of hydrogen-bond acceptors (Lipinski definition) is 2. The van der Waals surface area contributed by atoms with Gasteiger partial charge in [-0.25, -0.2) is 0 Å². The van der Waals surface area contributed by atoms with E-state index in [0.717, 1.165) is 25.7 Å². The van der Waals surface area contributed by atoms with Crippen LogP contribution in [0.3, 0.4) is 0 Å². The lowest BCUT2D eigenvalue weighted by molar-refractivity contribution is -0.146. The summed E-state index contributed by atoms with van der Waals surface area (Å²) < 4.78 is 0. The van der Waals surface area contributed by atoms with Crippen LogP contribution in [0.2, 0.25) is 0 Å². The van der Waals surface area contributed by atoms with Crippen LogP contribution in [0.5, 0.6) is 0 Å². The van der Waals surface area contributed by atoms with Crippen LogP contribution >= 0.6 is 0 Å². The Bertz CT molecular complexity index is 181. The van der Waals surface area contributed by atoms with Crippen LogP contribution in [-0.4, -0.2) is 23.7 Å². The van der Waals surface area contributed by atoms with E-state index in [1.54, 1.807) is 7.05 Å². The summed E-state index contributed by atoms with van der Waals surface area (Å²) in [5.74, 6) is -0.168. The fraction of sp³-hybridized carbons (Fsp3) is 0.889. The van der Waals surface area contributed by atoms with E-state index in [4.69, 9.17) is 5.11 Å². The highest BCUT2D eigenvalue weighted by Gasteiger charge is 2.40. The molecule has 2 atom stereocenters. The number of likely N-dealkylation sites (N-methyl/N-ethyl adjacent to an activating group) is 1. The summed E-state index contributed by atoms with van der Waals surface area (Å²) in [6.45, 7) is 2.12. The summed E-state index contributed by atoms with van der Waals surface area (Å²) in [4.78, 5) is 11.0. The van der Waals surface area contributed by atoms with Crippen molar-refractivity contribution in [1.82, 2.24) is 5.32 Å². The average Bonchev–Trinajstić information content (AvgIpc) is 2.04. The van der Waals surface area contributed by atoms with Gasteiger partial charge in [0.05, 0.1) is 0 Å². The van der Waals surface area contributed by atoms with Crippen LogP contribution in [0.25, 0.3) is 0 Å². The van der Waals surface area contributed by atoms with Crippen LogP contribution in [0.4, 0.5) is 0 Å². The Labute approximate surface area is 73.2 Å². The molecule has 0 aromatic heterocycles. The normalized spacial score (nSPS) is 36.3. The Morgan fingerprint density at radius 2 is 2.33 bits per heavy atom. The monoisotopic (exact) mass is 171 g/mol. The Morgan fingerprint density at radius 3 is 2.67 bits per heavy atom. The highest BCUT2D eigenvalue weighted by atomic mass is 16.4. The Kier molecular flexibility index (Phi) is 2.73. The molecule has 0 amide bonds. The molecule has 0 radical (unpaired) electrons. The predicted octanol–water partition coefficient (Wildman–Crippen LogP) is 1.24. The second kappa shape index (κ2) is 3.44. The minimum atomic E-state index is -0.698. The number of hydrogen-bond donors (Lipinski definition) is 2. The van der Waals surface area contributed by atoms with Crippen molar-refractivity contribution in [1.29, 1.82) is 0 Å². The molecule has 3 nitrogen and oxygen atoms in total. The van der Waals surface area contributed by atoms with Gasteiger partial charge >= 0.3 is 5.97 Å². The Morgan fingerprint density at radius 1 is 1.67 bits per heavy atom. The summed E-state index contributed by atoms with van der Waals surface area (Å²) in [5.41, 5.74) is -0.641. The van der Waals surface area contributed by atoms with Crippen molar-refractivity contribution in [2.24, 2.45) is 5.92 Å². The lowest BCUT2D eigenvalue weighted by atomic mass is 9.76. The third-order valence-corrected chi connectivity index (χ3v) is 2.89. The fourth-order valence-corrected chi connectivity index (χ4v) is 2.08. The third kappa shape index (κ3) is 1.61. The van der Waals surface area contributed by atoms with Gasteiger partial charge in [-0.15, -0.1) is 0 Å². The molecule has 0 bridgehead atoms. The van der Waals surface area contributed by atoms with Gasteiger partial charge in [0.25, 0.3) is 0 Å². The first-order valence-corrected chi connectivity index (χ1v) is 4.53. The lowest BCUT2D eigenvalue weighted by Crippen LogP contribution is -2.53. The van der Waals surface area contributed by atoms with E-state index in [-0.39, 0.29) is 0 Å². The molecule has 0 heterocycles. The van der Waals surface area contributed by atoms with Gasteiger partial charge in [0.15, 0.2) is 0 Å². The maximum Gasteiger partial charge on any atom is 0.323 e. The van der Waals surface area contributed by atoms with Gasteiger partial charge in [-0.3, -0.25) is 4.79 Å². The molecule has 3 heteroatoms. The van der Waals surface area contributed by atoms with E-state index in [1.807, 2.05) is 0 Å². The second-order valence-electron chi connectivity index (χ2n) is 3.84. The van der Waals surface area contributed by atoms with Gasteiger partial charge in [-0.05, 0) is 25.8 Å². The van der Waals surface area contributed by atoms with Crippen molar-refractivity contribution in [3.05, 3.63) is 0 Å². The fourth-order valence-electron chi connectivity index (χ4n) is 2.08. The lowest BCUT2D eigenvalue weighted by Gasteiger charge is -2.36. The van der Waals surface area contributed by atoms with Gasteiger partial charge < -0.3 is 10.4 Å². The molecule has 0 spiro atoms. The third-order valence-electron chi connectivity index (χ3n) is 2.89. The molecule has 2 unspecified atom stereocenters. The molecule has 1 saturated carbocycles. The van der Waals surface area contributed by atoms with E-state index >= 15 is 0 Å². The van der Waals surface area contributed by atoms with E-state index in [1.165, 1.54) is 0 Å². The van der Waals surface area contributed by atoms with Crippen molar-refractivity contribution < 1.29 is 9.90 Å². The van der Waals surface area contributed by atoms with Crippen molar-refractivity contribution in [3.8, 4) is 0 Å². The molecule has 0 aromatic rings. The van der Waals surface area contributed by atoms with Gasteiger partial charge in [0, 0.05) is 0 Å². The zero-order valence-electron chi connectivity index (χ0n) is 7.76. The minimum absolute atomic E-state index is 0.530. The van der Waals surface area contributed by atoms with Gasteiger partial charge in [0.1, 0.15) is 5.54 Å². The second-order valence-corrected chi connectivity index (χ2v) is 3.84. The van der Waals surface area contributed by atoms with Crippen LogP contribution in [0.15, 0.2) is 0 Å². The summed E-state index contributed by atoms with van der Waals surface area (Å²) in [5, 5.41) is 12.0. The number of carboxylic acid groups (broad SMARTS) is 1. The molecule has 1 aliphatic rings. The number of carboxylic acids is 1. The zero-order valence-corrected chi connectivity index (χ0v) is 7.76. The highest BCUT2D eigenvalue weighted by molar-refractivity contribution is 5.78. The van der Waals surface area contributed by atoms with Gasteiger partial charge in [-0.1, -0.05) is 19.8 Å². The van der Waals surface area contributed by atoms with Crippen LogP contribution in [0, 0.1) is 5.92 Å². The Hall–Kier alpha value is -0.570. The first-order chi connectivity index (χ1) is 5.60. The number of rotatable bonds is 2. The van der Waals surface area contributed by atoms with E-state index < -0.39 is 11.5 Å². The average molecular weight is 171 g/mol. The molecular formula is C9H17NO2. The molecule has 1 fully saturated rings. The molecule has 0 aromatic carbocycles. The van der Waals surface area contributed by atoms with E-state index in [0.29, 0.717) is 5.92 Å². The predicted molar refractivity (Wildman–Crippen MR) is 47.1 cm³/mol. The first kappa shape index (κ1) is 9.52. The molecule has 70 valence electrons. The standard InChI is InChI=1S/C9H17NO2/c1-7-4-3-5-9(6-7,10-2)8(11)12/h7,10H,3-6H2,1-2H3,(H,11,12). The zero-order chi connectivity index (χ0) is 9.19. The quantitative estimate of drug-likeness (QED) is 0.657. The molecule has 12 heavy (non-hydrogen) atoms. The molecule has 0 aliphatic heterocycles. The summed E-state index contributed by atoms with van der Waals surface area (Å²) in [7, 11) is 1.74. The van der Waals surface area contributed by atoms with E-state index in [9.17, 15) is 4.79 Å². The minimum Gasteiger partial charge on any atom is -0.480 e. The van der Waals surface area contributed by atoms with Crippen molar-refractivity contribution >= 4 is 5.97 Å². The maximum atomic E-state index is 11.0. The smallest absolute Gasteiger partial charge is 0.323 e. The summed E-state index contributed by atoms with van der Waals surface area (Å²) >= 11 is 0. The largest absolute Gasteiger partial charge is 0.480 e. The van der Waals surface area contributed by atoms with Crippen LogP contribution in [0.1, 0.15) is 32.6 Å². The highest BCUT2D eigenvalue weighted by Crippen LogP contribution is 2.31. The summed E-state index contributed by atoms with van der Waals surface area (Å²) in [6.07, 6.45) is 3.72. The SMILES string of the molecule is CNC1(C(=O)O)CCCC(C)C1. The van der Waals surface area contributed by atoms with Crippen molar-refractivity contribution in [2.75, 3.05) is 7.05 Å². The van der Waals surface area contributed by atoms with Crippen molar-refractivity contribution in [3.63, 3.8) is 0 Å². The maximum absolute atomic E-state index is 11.0. The topological polar surface area (TPSA) is 49.3 Å². The number of nitrogens with one attached hydrogen (secondary N) is 1. The van der Waals surface area contributed by atoms with Crippen molar-refractivity contribution in [2.45, 2.75) is 38.1 Å². The van der Waals surface area contributed by atoms with Gasteiger partial charge in [-0.2, -0.15) is 0 Å². The van der Waals surface area contributed by atoms with E-state index in [2.05, 4.69) is 12.2 Å². The molecule has 0 saturated heterocycles. The first-order valence-electron chi connectivity index (χ1n) is 4.53. The summed E-state index contributed by atoms with van der Waals surface area (Å²) in [6, 6.07) is 0. The Balaban J connectivity index is 2.71. The van der Waals surface area contributed by atoms with Crippen LogP contribution in [-0.2, 0) is 4.79 Å².